The van der Waals surface area contributed by atoms with Crippen molar-refractivity contribution in [3.05, 3.63) is 71.1 Å². The molecule has 3 heterocycles. The van der Waals surface area contributed by atoms with E-state index in [2.05, 4.69) is 15.5 Å². The number of aromatic nitrogens is 2. The number of carbonyl (C=O) groups is 1. The minimum atomic E-state index is -0.235. The molecule has 0 saturated heterocycles. The van der Waals surface area contributed by atoms with Crippen LogP contribution in [-0.4, -0.2) is 22.2 Å². The van der Waals surface area contributed by atoms with Crippen LogP contribution in [0.3, 0.4) is 0 Å². The quantitative estimate of drug-likeness (QED) is 0.481. The van der Waals surface area contributed by atoms with Crippen molar-refractivity contribution in [1.29, 1.82) is 0 Å². The molecule has 30 heavy (non-hydrogen) atoms. The number of pyridine rings is 1. The van der Waals surface area contributed by atoms with Gasteiger partial charge in [-0.15, -0.1) is 0 Å². The molecule has 4 aromatic rings. The molecule has 7 nitrogen and oxygen atoms in total. The molecule has 1 amide bonds. The largest absolute Gasteiger partial charge is 0.463 e. The van der Waals surface area contributed by atoms with Crippen LogP contribution in [0.5, 0.6) is 0 Å². The van der Waals surface area contributed by atoms with Gasteiger partial charge in [0.15, 0.2) is 5.76 Å². The lowest BCUT2D eigenvalue weighted by atomic mass is 10.1. The first-order valence-electron chi connectivity index (χ1n) is 9.80. The fourth-order valence-electron chi connectivity index (χ4n) is 3.22. The number of fused-ring (bicyclic) bond motifs is 1. The molecule has 1 aromatic carbocycles. The number of furan rings is 1. The van der Waals surface area contributed by atoms with Crippen molar-refractivity contribution >= 4 is 17.0 Å². The van der Waals surface area contributed by atoms with Crippen LogP contribution in [0.25, 0.3) is 22.6 Å². The van der Waals surface area contributed by atoms with Crippen LogP contribution in [0.2, 0.25) is 0 Å². The van der Waals surface area contributed by atoms with Gasteiger partial charge >= 0.3 is 0 Å². The third-order valence-corrected chi connectivity index (χ3v) is 4.77. The van der Waals surface area contributed by atoms with Gasteiger partial charge in [-0.3, -0.25) is 4.79 Å². The zero-order valence-corrected chi connectivity index (χ0v) is 17.1. The lowest BCUT2D eigenvalue weighted by molar-refractivity contribution is 0.0651. The van der Waals surface area contributed by atoms with Gasteiger partial charge in [0.1, 0.15) is 5.69 Å². The van der Waals surface area contributed by atoms with Gasteiger partial charge in [-0.1, -0.05) is 29.4 Å². The normalized spacial score (nSPS) is 11.3. The summed E-state index contributed by atoms with van der Waals surface area (Å²) in [5.74, 6) is 0.317. The Morgan fingerprint density at radius 1 is 1.17 bits per heavy atom. The van der Waals surface area contributed by atoms with Gasteiger partial charge < -0.3 is 19.0 Å². The molecule has 4 rings (SSSR count). The number of nitrogens with one attached hydrogen (secondary N) is 1. The summed E-state index contributed by atoms with van der Waals surface area (Å²) >= 11 is 0. The highest BCUT2D eigenvalue weighted by Gasteiger charge is 2.20. The first kappa shape index (κ1) is 19.8. The second kappa shape index (κ2) is 8.51. The molecule has 0 saturated carbocycles. The van der Waals surface area contributed by atoms with E-state index in [0.717, 1.165) is 11.1 Å². The van der Waals surface area contributed by atoms with E-state index in [1.165, 1.54) is 0 Å². The molecule has 0 bridgehead atoms. The summed E-state index contributed by atoms with van der Waals surface area (Å²) in [7, 11) is 0. The number of rotatable bonds is 7. The van der Waals surface area contributed by atoms with Crippen LogP contribution in [0.4, 0.5) is 0 Å². The molecule has 0 aliphatic rings. The Bertz CT molecular complexity index is 1160. The molecule has 0 spiro atoms. The van der Waals surface area contributed by atoms with Crippen molar-refractivity contribution in [2.24, 2.45) is 0 Å². The number of aryl methyl sites for hydroxylation is 1. The van der Waals surface area contributed by atoms with Gasteiger partial charge in [0.25, 0.3) is 11.6 Å². The molecule has 0 atom stereocenters. The topological polar surface area (TPSA) is 90.4 Å². The minimum absolute atomic E-state index is 0.134. The summed E-state index contributed by atoms with van der Waals surface area (Å²) in [6, 6.07) is 13.2. The monoisotopic (exact) mass is 405 g/mol. The molecular formula is C23H23N3O4. The second-order valence-corrected chi connectivity index (χ2v) is 7.29. The lowest BCUT2D eigenvalue weighted by Crippen LogP contribution is -2.24. The van der Waals surface area contributed by atoms with Crippen LogP contribution >= 0.6 is 0 Å². The van der Waals surface area contributed by atoms with E-state index in [4.69, 9.17) is 13.7 Å². The summed E-state index contributed by atoms with van der Waals surface area (Å²) in [5.41, 5.74) is 3.92. The number of amides is 1. The average Bonchev–Trinajstić information content (AvgIpc) is 3.41. The summed E-state index contributed by atoms with van der Waals surface area (Å²) in [4.78, 5) is 17.5. The average molecular weight is 405 g/mol. The van der Waals surface area contributed by atoms with Crippen LogP contribution in [0.1, 0.15) is 41.0 Å². The van der Waals surface area contributed by atoms with E-state index >= 15 is 0 Å². The van der Waals surface area contributed by atoms with E-state index in [9.17, 15) is 4.79 Å². The van der Waals surface area contributed by atoms with Crippen LogP contribution in [-0.2, 0) is 17.9 Å². The van der Waals surface area contributed by atoms with Crippen LogP contribution in [0.15, 0.2) is 57.7 Å². The maximum absolute atomic E-state index is 13.1. The molecule has 0 radical (unpaired) electrons. The van der Waals surface area contributed by atoms with E-state index in [1.807, 2.05) is 38.1 Å². The van der Waals surface area contributed by atoms with Crippen molar-refractivity contribution in [2.75, 3.05) is 0 Å². The zero-order valence-electron chi connectivity index (χ0n) is 17.1. The number of hydrogen-bond acceptors (Lipinski definition) is 6. The Hall–Kier alpha value is -3.45. The Morgan fingerprint density at radius 3 is 2.70 bits per heavy atom. The fraction of sp³-hybridized carbons (Fsp3) is 0.261. The molecule has 0 fully saturated rings. The summed E-state index contributed by atoms with van der Waals surface area (Å²) < 4.78 is 16.5. The predicted molar refractivity (Wildman–Crippen MR) is 112 cm³/mol. The summed E-state index contributed by atoms with van der Waals surface area (Å²) in [5, 5.41) is 7.57. The van der Waals surface area contributed by atoms with Crippen molar-refractivity contribution in [3.63, 3.8) is 0 Å². The van der Waals surface area contributed by atoms with Gasteiger partial charge in [0.05, 0.1) is 35.6 Å². The predicted octanol–water partition coefficient (Wildman–Crippen LogP) is 4.65. The van der Waals surface area contributed by atoms with E-state index < -0.39 is 0 Å². The highest BCUT2D eigenvalue weighted by Crippen LogP contribution is 2.27. The number of carbonyl (C=O) groups excluding carboxylic acids is 1. The van der Waals surface area contributed by atoms with E-state index in [0.29, 0.717) is 47.0 Å². The second-order valence-electron chi connectivity index (χ2n) is 7.29. The van der Waals surface area contributed by atoms with E-state index in [-0.39, 0.29) is 12.0 Å². The highest BCUT2D eigenvalue weighted by molar-refractivity contribution is 6.06. The molecule has 154 valence electrons. The Balaban J connectivity index is 1.61. The molecule has 0 unspecified atom stereocenters. The molecule has 0 aliphatic heterocycles. The van der Waals surface area contributed by atoms with Crippen molar-refractivity contribution in [3.8, 4) is 11.5 Å². The van der Waals surface area contributed by atoms with Gasteiger partial charge in [0, 0.05) is 6.54 Å². The maximum Gasteiger partial charge on any atom is 0.259 e. The van der Waals surface area contributed by atoms with Crippen molar-refractivity contribution in [2.45, 2.75) is 40.0 Å². The van der Waals surface area contributed by atoms with Gasteiger partial charge in [-0.25, -0.2) is 4.98 Å². The third kappa shape index (κ3) is 4.11. The van der Waals surface area contributed by atoms with Gasteiger partial charge in [-0.05, 0) is 50.1 Å². The summed E-state index contributed by atoms with van der Waals surface area (Å²) in [6.07, 6.45) is 1.69. The molecule has 7 heteroatoms. The first-order chi connectivity index (χ1) is 14.5. The summed E-state index contributed by atoms with van der Waals surface area (Å²) in [6.45, 7) is 6.65. The van der Waals surface area contributed by atoms with Crippen LogP contribution < -0.4 is 5.32 Å². The number of benzene rings is 1. The Kier molecular flexibility index (Phi) is 5.63. The number of nitrogens with zero attached hydrogens (tertiary/aromatic N) is 2. The van der Waals surface area contributed by atoms with Gasteiger partial charge in [0.2, 0.25) is 0 Å². The standard InChI is InChI=1S/C23H23N3O4/c1-14(2)29-13-17-8-5-4-7-16(17)12-24-22(27)18-11-19(20-9-6-10-28-20)25-23-21(18)15(3)26-30-23/h4-11,14H,12-13H2,1-3H3,(H,24,27). The maximum atomic E-state index is 13.1. The van der Waals surface area contributed by atoms with Crippen molar-refractivity contribution < 1.29 is 18.5 Å². The van der Waals surface area contributed by atoms with Crippen molar-refractivity contribution in [1.82, 2.24) is 15.5 Å². The smallest absolute Gasteiger partial charge is 0.259 e. The molecule has 0 aliphatic carbocycles. The SMILES string of the molecule is Cc1noc2nc(-c3ccco3)cc(C(=O)NCc3ccccc3COC(C)C)c12. The molecular weight excluding hydrogens is 382 g/mol. The highest BCUT2D eigenvalue weighted by atomic mass is 16.5. The number of ether oxygens (including phenoxy) is 1. The Morgan fingerprint density at radius 2 is 1.97 bits per heavy atom. The third-order valence-electron chi connectivity index (χ3n) is 4.77. The Labute approximate surface area is 174 Å². The fourth-order valence-corrected chi connectivity index (χ4v) is 3.22. The lowest BCUT2D eigenvalue weighted by Gasteiger charge is -2.13. The van der Waals surface area contributed by atoms with Crippen LogP contribution in [0, 0.1) is 6.92 Å². The first-order valence-corrected chi connectivity index (χ1v) is 9.80. The minimum Gasteiger partial charge on any atom is -0.463 e. The molecule has 3 aromatic heterocycles. The molecule has 1 N–H and O–H groups in total. The zero-order chi connectivity index (χ0) is 21.1. The number of hydrogen-bond donors (Lipinski definition) is 1. The van der Waals surface area contributed by atoms with E-state index in [1.54, 1.807) is 31.4 Å². The van der Waals surface area contributed by atoms with Gasteiger partial charge in [-0.2, -0.15) is 0 Å².